The van der Waals surface area contributed by atoms with Crippen molar-refractivity contribution in [3.63, 3.8) is 0 Å². The van der Waals surface area contributed by atoms with Crippen molar-refractivity contribution in [3.05, 3.63) is 71.3 Å². The number of methoxy groups -OCH3 is 2. The van der Waals surface area contributed by atoms with Crippen molar-refractivity contribution in [2.45, 2.75) is 0 Å². The van der Waals surface area contributed by atoms with Crippen LogP contribution in [0.4, 0.5) is 0 Å². The first kappa shape index (κ1) is 18.6. The number of rotatable bonds is 8. The molecule has 4 nitrogen and oxygen atoms in total. The Bertz CT molecular complexity index is 796. The highest BCUT2D eigenvalue weighted by atomic mass is 35.5. The van der Waals surface area contributed by atoms with Crippen LogP contribution >= 0.6 is 11.6 Å². The van der Waals surface area contributed by atoms with Gasteiger partial charge < -0.3 is 14.2 Å². The monoisotopic (exact) mass is 358 g/mol. The minimum Gasteiger partial charge on any atom is -0.496 e. The summed E-state index contributed by atoms with van der Waals surface area (Å²) in [5.41, 5.74) is 1.06. The van der Waals surface area contributed by atoms with Gasteiger partial charge in [0.25, 0.3) is 0 Å². The molecule has 25 heavy (non-hydrogen) atoms. The molecule has 2 aromatic carbocycles. The fourth-order valence-corrected chi connectivity index (χ4v) is 2.41. The second kappa shape index (κ2) is 8.94. The van der Waals surface area contributed by atoms with E-state index >= 15 is 0 Å². The fraction of sp³-hybridized carbons (Fsp3) is 0.150. The average Bonchev–Trinajstić information content (AvgIpc) is 2.64. The lowest BCUT2D eigenvalue weighted by atomic mass is 10.1. The number of carbonyl (C=O) groups is 1. The van der Waals surface area contributed by atoms with Crippen molar-refractivity contribution in [1.82, 2.24) is 0 Å². The van der Waals surface area contributed by atoms with Crippen LogP contribution in [0.25, 0.3) is 6.08 Å². The highest BCUT2D eigenvalue weighted by Gasteiger charge is 2.19. The van der Waals surface area contributed by atoms with Gasteiger partial charge >= 0.3 is 0 Å². The number of ketones is 1. The minimum absolute atomic E-state index is 0.255. The summed E-state index contributed by atoms with van der Waals surface area (Å²) in [6, 6.07) is 10.5. The number of hydrogen-bond donors (Lipinski definition) is 0. The second-order valence-electron chi connectivity index (χ2n) is 5.02. The third-order valence-electron chi connectivity index (χ3n) is 3.42. The lowest BCUT2D eigenvalue weighted by molar-refractivity contribution is 0.104. The van der Waals surface area contributed by atoms with Crippen molar-refractivity contribution in [2.24, 2.45) is 0 Å². The Balaban J connectivity index is 2.42. The normalized spacial score (nSPS) is 10.5. The Labute approximate surface area is 152 Å². The zero-order chi connectivity index (χ0) is 18.2. The molecule has 0 aliphatic heterocycles. The maximum atomic E-state index is 12.7. The van der Waals surface area contributed by atoms with Crippen LogP contribution in [0.15, 0.2) is 55.1 Å². The lowest BCUT2D eigenvalue weighted by Gasteiger charge is -2.14. The van der Waals surface area contributed by atoms with E-state index in [-0.39, 0.29) is 12.4 Å². The van der Waals surface area contributed by atoms with Gasteiger partial charge in [0, 0.05) is 17.2 Å². The first-order chi connectivity index (χ1) is 12.1. The molecule has 0 N–H and O–H groups in total. The minimum atomic E-state index is -0.265. The summed E-state index contributed by atoms with van der Waals surface area (Å²) in [7, 11) is 3.02. The topological polar surface area (TPSA) is 44.8 Å². The van der Waals surface area contributed by atoms with Gasteiger partial charge in [0.15, 0.2) is 5.78 Å². The van der Waals surface area contributed by atoms with E-state index in [9.17, 15) is 4.79 Å². The quantitative estimate of drug-likeness (QED) is 0.385. The summed E-state index contributed by atoms with van der Waals surface area (Å²) in [5, 5.41) is 0.566. The van der Waals surface area contributed by atoms with Gasteiger partial charge in [-0.15, -0.1) is 0 Å². The summed E-state index contributed by atoms with van der Waals surface area (Å²) in [6.07, 6.45) is 4.69. The number of allylic oxidation sites excluding steroid dienone is 1. The van der Waals surface area contributed by atoms with Crippen molar-refractivity contribution in [1.29, 1.82) is 0 Å². The maximum absolute atomic E-state index is 12.7. The molecule has 0 bridgehead atoms. The zero-order valence-electron chi connectivity index (χ0n) is 14.1. The molecule has 5 heteroatoms. The van der Waals surface area contributed by atoms with Crippen LogP contribution in [-0.2, 0) is 0 Å². The molecular weight excluding hydrogens is 340 g/mol. The second-order valence-corrected chi connectivity index (χ2v) is 5.43. The van der Waals surface area contributed by atoms with E-state index in [1.807, 2.05) is 18.2 Å². The Hall–Kier alpha value is -2.72. The molecule has 0 amide bonds. The van der Waals surface area contributed by atoms with Gasteiger partial charge in [0.05, 0.1) is 14.2 Å². The predicted molar refractivity (Wildman–Crippen MR) is 100 cm³/mol. The molecule has 0 unspecified atom stereocenters. The van der Waals surface area contributed by atoms with Crippen LogP contribution in [-0.4, -0.2) is 26.6 Å². The van der Waals surface area contributed by atoms with E-state index in [1.165, 1.54) is 20.3 Å². The molecule has 2 rings (SSSR count). The van der Waals surface area contributed by atoms with Crippen LogP contribution in [0.1, 0.15) is 15.9 Å². The van der Waals surface area contributed by atoms with E-state index in [2.05, 4.69) is 6.58 Å². The van der Waals surface area contributed by atoms with Gasteiger partial charge in [-0.2, -0.15) is 0 Å². The first-order valence-corrected chi connectivity index (χ1v) is 7.95. The number of hydrogen-bond acceptors (Lipinski definition) is 4. The van der Waals surface area contributed by atoms with Crippen LogP contribution in [0.5, 0.6) is 17.2 Å². The van der Waals surface area contributed by atoms with Gasteiger partial charge in [-0.3, -0.25) is 4.79 Å². The Morgan fingerprint density at radius 1 is 1.16 bits per heavy atom. The number of benzene rings is 2. The van der Waals surface area contributed by atoms with E-state index < -0.39 is 0 Å². The van der Waals surface area contributed by atoms with E-state index in [1.54, 1.807) is 30.4 Å². The van der Waals surface area contributed by atoms with Gasteiger partial charge in [0.2, 0.25) is 0 Å². The van der Waals surface area contributed by atoms with Crippen molar-refractivity contribution in [2.75, 3.05) is 20.8 Å². The Morgan fingerprint density at radius 3 is 2.52 bits per heavy atom. The summed E-state index contributed by atoms with van der Waals surface area (Å²) < 4.78 is 16.2. The molecule has 130 valence electrons. The van der Waals surface area contributed by atoms with Crippen LogP contribution in [0.2, 0.25) is 5.02 Å². The maximum Gasteiger partial charge on any atom is 0.193 e. The molecule has 0 radical (unpaired) electrons. The van der Waals surface area contributed by atoms with Crippen molar-refractivity contribution >= 4 is 23.5 Å². The molecule has 0 saturated carbocycles. The summed E-state index contributed by atoms with van der Waals surface area (Å²) in [5.74, 6) is 0.998. The molecule has 0 aliphatic carbocycles. The predicted octanol–water partition coefficient (Wildman–Crippen LogP) is 4.82. The molecule has 2 aromatic rings. The third-order valence-corrected chi connectivity index (χ3v) is 3.76. The number of ether oxygens (including phenoxy) is 3. The van der Waals surface area contributed by atoms with Crippen molar-refractivity contribution < 1.29 is 19.0 Å². The third kappa shape index (κ3) is 4.64. The van der Waals surface area contributed by atoms with Crippen molar-refractivity contribution in [3.8, 4) is 17.2 Å². The largest absolute Gasteiger partial charge is 0.496 e. The molecule has 0 spiro atoms. The fourth-order valence-electron chi connectivity index (χ4n) is 2.21. The summed E-state index contributed by atoms with van der Waals surface area (Å²) >= 11 is 6.11. The standard InChI is InChI=1S/C20H19ClO4/c1-4-11-25-19-13-15(23-2)12-18(24-3)20(19)17(22)10-9-14-7-5-6-8-16(14)21/h4-10,12-13H,1,11H2,2-3H3/b10-9+. The van der Waals surface area contributed by atoms with Gasteiger partial charge in [-0.25, -0.2) is 0 Å². The molecule has 0 saturated heterocycles. The zero-order valence-corrected chi connectivity index (χ0v) is 14.9. The Morgan fingerprint density at radius 2 is 1.88 bits per heavy atom. The molecule has 0 atom stereocenters. The van der Waals surface area contributed by atoms with Crippen LogP contribution < -0.4 is 14.2 Å². The smallest absolute Gasteiger partial charge is 0.193 e. The number of carbonyl (C=O) groups excluding carboxylic acids is 1. The van der Waals surface area contributed by atoms with Gasteiger partial charge in [0.1, 0.15) is 29.4 Å². The Kier molecular flexibility index (Phi) is 6.66. The van der Waals surface area contributed by atoms with Gasteiger partial charge in [-0.05, 0) is 23.8 Å². The van der Waals surface area contributed by atoms with E-state index in [0.717, 1.165) is 5.56 Å². The highest BCUT2D eigenvalue weighted by molar-refractivity contribution is 6.32. The molecular formula is C20H19ClO4. The first-order valence-electron chi connectivity index (χ1n) is 7.57. The average molecular weight is 359 g/mol. The van der Waals surface area contributed by atoms with Crippen LogP contribution in [0.3, 0.4) is 0 Å². The summed E-state index contributed by atoms with van der Waals surface area (Å²) in [6.45, 7) is 3.87. The SMILES string of the molecule is C=CCOc1cc(OC)cc(OC)c1C(=O)/C=C/c1ccccc1Cl. The molecule has 0 aromatic heterocycles. The van der Waals surface area contributed by atoms with Crippen LogP contribution in [0, 0.1) is 0 Å². The molecule has 0 heterocycles. The van der Waals surface area contributed by atoms with E-state index in [0.29, 0.717) is 27.8 Å². The lowest BCUT2D eigenvalue weighted by Crippen LogP contribution is -2.05. The molecule has 0 fully saturated rings. The number of halogens is 1. The summed E-state index contributed by atoms with van der Waals surface area (Å²) in [4.78, 5) is 12.7. The molecule has 0 aliphatic rings. The van der Waals surface area contributed by atoms with Gasteiger partial charge in [-0.1, -0.05) is 42.5 Å². The van der Waals surface area contributed by atoms with E-state index in [4.69, 9.17) is 25.8 Å². The highest BCUT2D eigenvalue weighted by Crippen LogP contribution is 2.35.